The SMILES string of the molecule is O=C(Nc1ccncc1F)[C@@H]1CC[C@H](C(=O)O)O1. The van der Waals surface area contributed by atoms with Gasteiger partial charge in [-0.2, -0.15) is 0 Å². The number of carbonyl (C=O) groups excluding carboxylic acids is 1. The third-order valence-corrected chi connectivity index (χ3v) is 2.62. The number of hydrogen-bond acceptors (Lipinski definition) is 4. The maximum Gasteiger partial charge on any atom is 0.332 e. The fraction of sp³-hybridized carbons (Fsp3) is 0.364. The van der Waals surface area contributed by atoms with Crippen LogP contribution in [0.15, 0.2) is 18.5 Å². The summed E-state index contributed by atoms with van der Waals surface area (Å²) in [6.07, 6.45) is 1.06. The van der Waals surface area contributed by atoms with Crippen LogP contribution in [0.3, 0.4) is 0 Å². The molecule has 96 valence electrons. The quantitative estimate of drug-likeness (QED) is 0.832. The maximum absolute atomic E-state index is 13.2. The van der Waals surface area contributed by atoms with Crippen molar-refractivity contribution in [3.8, 4) is 0 Å². The van der Waals surface area contributed by atoms with Gasteiger partial charge in [0.2, 0.25) is 0 Å². The molecule has 1 amide bonds. The van der Waals surface area contributed by atoms with E-state index in [-0.39, 0.29) is 12.1 Å². The summed E-state index contributed by atoms with van der Waals surface area (Å²) in [5.41, 5.74) is -0.00243. The number of halogens is 1. The molecule has 6 nitrogen and oxygen atoms in total. The van der Waals surface area contributed by atoms with Crippen LogP contribution in [0.25, 0.3) is 0 Å². The highest BCUT2D eigenvalue weighted by atomic mass is 19.1. The fourth-order valence-electron chi connectivity index (χ4n) is 1.70. The van der Waals surface area contributed by atoms with Crippen LogP contribution in [-0.2, 0) is 14.3 Å². The molecule has 2 rings (SSSR count). The lowest BCUT2D eigenvalue weighted by molar-refractivity contribution is -0.150. The number of carboxylic acids is 1. The number of carboxylic acid groups (broad SMARTS) is 1. The van der Waals surface area contributed by atoms with E-state index in [1.807, 2.05) is 0 Å². The monoisotopic (exact) mass is 254 g/mol. The molecule has 2 atom stereocenters. The lowest BCUT2D eigenvalue weighted by atomic mass is 10.2. The van der Waals surface area contributed by atoms with Crippen LogP contribution in [0.1, 0.15) is 12.8 Å². The van der Waals surface area contributed by atoms with Gasteiger partial charge in [-0.15, -0.1) is 0 Å². The number of amides is 1. The van der Waals surface area contributed by atoms with E-state index in [1.165, 1.54) is 12.3 Å². The molecule has 0 aromatic carbocycles. The molecule has 2 N–H and O–H groups in total. The highest BCUT2D eigenvalue weighted by Crippen LogP contribution is 2.21. The van der Waals surface area contributed by atoms with Gasteiger partial charge in [0.05, 0.1) is 11.9 Å². The van der Waals surface area contributed by atoms with Crippen molar-refractivity contribution in [2.75, 3.05) is 5.32 Å². The Morgan fingerprint density at radius 3 is 2.78 bits per heavy atom. The molecule has 1 fully saturated rings. The largest absolute Gasteiger partial charge is 0.479 e. The van der Waals surface area contributed by atoms with Crippen molar-refractivity contribution < 1.29 is 23.8 Å². The van der Waals surface area contributed by atoms with Crippen molar-refractivity contribution in [2.24, 2.45) is 0 Å². The molecule has 0 aliphatic carbocycles. The lowest BCUT2D eigenvalue weighted by Gasteiger charge is -2.11. The van der Waals surface area contributed by atoms with E-state index in [1.54, 1.807) is 0 Å². The van der Waals surface area contributed by atoms with E-state index in [9.17, 15) is 14.0 Å². The highest BCUT2D eigenvalue weighted by molar-refractivity contribution is 5.94. The van der Waals surface area contributed by atoms with Crippen molar-refractivity contribution in [1.82, 2.24) is 4.98 Å². The van der Waals surface area contributed by atoms with Crippen LogP contribution < -0.4 is 5.32 Å². The molecule has 0 spiro atoms. The molecule has 7 heteroatoms. The number of anilines is 1. The van der Waals surface area contributed by atoms with Gasteiger partial charge in [-0.3, -0.25) is 9.78 Å². The lowest BCUT2D eigenvalue weighted by Crippen LogP contribution is -2.30. The fourth-order valence-corrected chi connectivity index (χ4v) is 1.70. The predicted molar refractivity (Wildman–Crippen MR) is 58.4 cm³/mol. The van der Waals surface area contributed by atoms with Gasteiger partial charge >= 0.3 is 5.97 Å². The standard InChI is InChI=1S/C11H11FN2O4/c12-6-5-13-4-3-7(6)14-10(15)8-1-2-9(18-8)11(16)17/h3-5,8-9H,1-2H2,(H,16,17)(H,13,14,15)/t8-,9+/m0/s1. The normalized spacial score (nSPS) is 22.7. The second kappa shape index (κ2) is 5.09. The van der Waals surface area contributed by atoms with Crippen LogP contribution in [0.5, 0.6) is 0 Å². The minimum absolute atomic E-state index is 0.00243. The Morgan fingerprint density at radius 2 is 2.17 bits per heavy atom. The van der Waals surface area contributed by atoms with Crippen LogP contribution in [0.4, 0.5) is 10.1 Å². The average Bonchev–Trinajstić information content (AvgIpc) is 2.81. The van der Waals surface area contributed by atoms with Crippen LogP contribution >= 0.6 is 0 Å². The molecule has 0 unspecified atom stereocenters. The molecular formula is C11H11FN2O4. The second-order valence-electron chi connectivity index (χ2n) is 3.87. The van der Waals surface area contributed by atoms with E-state index in [2.05, 4.69) is 10.3 Å². The number of aromatic nitrogens is 1. The van der Waals surface area contributed by atoms with E-state index < -0.39 is 29.9 Å². The summed E-state index contributed by atoms with van der Waals surface area (Å²) in [4.78, 5) is 25.9. The van der Waals surface area contributed by atoms with Crippen LogP contribution in [0.2, 0.25) is 0 Å². The molecule has 0 radical (unpaired) electrons. The van der Waals surface area contributed by atoms with Crippen LogP contribution in [-0.4, -0.2) is 34.2 Å². The Labute approximate surface area is 102 Å². The number of carbonyl (C=O) groups is 2. The molecule has 1 saturated heterocycles. The molecule has 1 aliphatic heterocycles. The first-order chi connectivity index (χ1) is 8.58. The number of rotatable bonds is 3. The highest BCUT2D eigenvalue weighted by Gasteiger charge is 2.34. The molecule has 2 heterocycles. The van der Waals surface area contributed by atoms with Crippen molar-refractivity contribution in [3.63, 3.8) is 0 Å². The Kier molecular flexibility index (Phi) is 3.52. The zero-order valence-corrected chi connectivity index (χ0v) is 9.30. The van der Waals surface area contributed by atoms with Crippen molar-refractivity contribution in [1.29, 1.82) is 0 Å². The molecule has 1 aliphatic rings. The Balaban J connectivity index is 1.98. The summed E-state index contributed by atoms with van der Waals surface area (Å²) >= 11 is 0. The van der Waals surface area contributed by atoms with Gasteiger partial charge in [0.15, 0.2) is 11.9 Å². The summed E-state index contributed by atoms with van der Waals surface area (Å²) in [6, 6.07) is 1.32. The van der Waals surface area contributed by atoms with Crippen molar-refractivity contribution in [3.05, 3.63) is 24.3 Å². The number of pyridine rings is 1. The first kappa shape index (κ1) is 12.4. The van der Waals surface area contributed by atoms with Gasteiger partial charge in [0.25, 0.3) is 5.91 Å². The molecule has 0 bridgehead atoms. The van der Waals surface area contributed by atoms with E-state index in [4.69, 9.17) is 9.84 Å². The average molecular weight is 254 g/mol. The molecule has 1 aromatic heterocycles. The topological polar surface area (TPSA) is 88.5 Å². The Hall–Kier alpha value is -2.02. The number of aliphatic carboxylic acids is 1. The van der Waals surface area contributed by atoms with E-state index >= 15 is 0 Å². The molecule has 0 saturated carbocycles. The maximum atomic E-state index is 13.2. The summed E-state index contributed by atoms with van der Waals surface area (Å²) in [5, 5.41) is 11.1. The number of nitrogens with one attached hydrogen (secondary N) is 1. The van der Waals surface area contributed by atoms with E-state index in [0.29, 0.717) is 6.42 Å². The Morgan fingerprint density at radius 1 is 1.44 bits per heavy atom. The summed E-state index contributed by atoms with van der Waals surface area (Å²) in [7, 11) is 0. The molecule has 1 aromatic rings. The zero-order valence-electron chi connectivity index (χ0n) is 9.30. The molecular weight excluding hydrogens is 243 g/mol. The Bertz CT molecular complexity index is 480. The third kappa shape index (κ3) is 2.62. The zero-order chi connectivity index (χ0) is 13.1. The van der Waals surface area contributed by atoms with Crippen molar-refractivity contribution >= 4 is 17.6 Å². The van der Waals surface area contributed by atoms with Gasteiger partial charge in [-0.25, -0.2) is 9.18 Å². The number of ether oxygens (including phenoxy) is 1. The van der Waals surface area contributed by atoms with Gasteiger partial charge in [0, 0.05) is 6.20 Å². The minimum Gasteiger partial charge on any atom is -0.479 e. The number of nitrogens with zero attached hydrogens (tertiary/aromatic N) is 1. The van der Waals surface area contributed by atoms with Gasteiger partial charge in [-0.1, -0.05) is 0 Å². The first-order valence-electron chi connectivity index (χ1n) is 5.36. The molecule has 18 heavy (non-hydrogen) atoms. The van der Waals surface area contributed by atoms with E-state index in [0.717, 1.165) is 6.20 Å². The third-order valence-electron chi connectivity index (χ3n) is 2.62. The van der Waals surface area contributed by atoms with Crippen LogP contribution in [0, 0.1) is 5.82 Å². The van der Waals surface area contributed by atoms with Gasteiger partial charge in [-0.05, 0) is 18.9 Å². The summed E-state index contributed by atoms with van der Waals surface area (Å²) < 4.78 is 18.3. The van der Waals surface area contributed by atoms with Gasteiger partial charge < -0.3 is 15.2 Å². The summed E-state index contributed by atoms with van der Waals surface area (Å²) in [5.74, 6) is -2.30. The first-order valence-corrected chi connectivity index (χ1v) is 5.36. The second-order valence-corrected chi connectivity index (χ2v) is 3.87. The summed E-state index contributed by atoms with van der Waals surface area (Å²) in [6.45, 7) is 0. The minimum atomic E-state index is -1.10. The predicted octanol–water partition coefficient (Wildman–Crippen LogP) is 0.791. The number of hydrogen-bond donors (Lipinski definition) is 2. The van der Waals surface area contributed by atoms with Crippen molar-refractivity contribution in [2.45, 2.75) is 25.0 Å². The smallest absolute Gasteiger partial charge is 0.332 e. The van der Waals surface area contributed by atoms with Gasteiger partial charge in [0.1, 0.15) is 6.10 Å².